The normalized spacial score (nSPS) is 10.7. The van der Waals surface area contributed by atoms with E-state index in [0.29, 0.717) is 24.2 Å². The van der Waals surface area contributed by atoms with E-state index in [4.69, 9.17) is 9.15 Å². The highest BCUT2D eigenvalue weighted by Gasteiger charge is 2.13. The number of aryl methyl sites for hydroxylation is 1. The summed E-state index contributed by atoms with van der Waals surface area (Å²) in [6.07, 6.45) is 2.62. The number of rotatable bonds is 5. The lowest BCUT2D eigenvalue weighted by Gasteiger charge is -2.08. The molecule has 0 spiro atoms. The number of ketones is 1. The fourth-order valence-electron chi connectivity index (χ4n) is 2.51. The second kappa shape index (κ2) is 6.48. The first kappa shape index (κ1) is 15.0. The molecule has 4 heteroatoms. The number of furan rings is 1. The average molecular weight is 308 g/mol. The van der Waals surface area contributed by atoms with Crippen molar-refractivity contribution in [1.29, 1.82) is 0 Å². The van der Waals surface area contributed by atoms with E-state index in [1.165, 1.54) is 6.92 Å². The predicted octanol–water partition coefficient (Wildman–Crippen LogP) is 4.17. The third-order valence-corrected chi connectivity index (χ3v) is 3.60. The maximum absolute atomic E-state index is 12.4. The Kier molecular flexibility index (Phi) is 4.24. The quantitative estimate of drug-likeness (QED) is 0.403. The van der Waals surface area contributed by atoms with Crippen LogP contribution in [0.15, 0.2) is 59.2 Å². The number of hydrogen-bond acceptors (Lipinski definition) is 4. The molecule has 3 aromatic rings. The fourth-order valence-corrected chi connectivity index (χ4v) is 2.51. The molecule has 23 heavy (non-hydrogen) atoms. The molecule has 0 saturated carbocycles. The van der Waals surface area contributed by atoms with E-state index in [0.717, 1.165) is 16.5 Å². The third kappa shape index (κ3) is 3.48. The SMILES string of the molecule is CC(=O)Oc1ccccc1C(=O)CCc1ccc2occc2c1. The monoisotopic (exact) mass is 308 g/mol. The predicted molar refractivity (Wildman–Crippen MR) is 86.6 cm³/mol. The molecule has 4 nitrogen and oxygen atoms in total. The number of Topliss-reactive ketones (excluding diaryl/α,β-unsaturated/α-hetero) is 1. The maximum Gasteiger partial charge on any atom is 0.308 e. The Bertz CT molecular complexity index is 860. The highest BCUT2D eigenvalue weighted by molar-refractivity contribution is 5.99. The standard InChI is InChI=1S/C19H16O4/c1-13(20)23-19-5-3-2-4-16(19)17(21)8-6-14-7-9-18-15(12-14)10-11-22-18/h2-5,7,9-12H,6,8H2,1H3. The molecule has 1 heterocycles. The van der Waals surface area contributed by atoms with Gasteiger partial charge in [-0.2, -0.15) is 0 Å². The van der Waals surface area contributed by atoms with Crippen LogP contribution < -0.4 is 4.74 Å². The van der Waals surface area contributed by atoms with Gasteiger partial charge in [0.15, 0.2) is 5.78 Å². The number of fused-ring (bicyclic) bond motifs is 1. The topological polar surface area (TPSA) is 56.5 Å². The van der Waals surface area contributed by atoms with Gasteiger partial charge in [0.25, 0.3) is 0 Å². The minimum absolute atomic E-state index is 0.0471. The van der Waals surface area contributed by atoms with Crippen LogP contribution >= 0.6 is 0 Å². The van der Waals surface area contributed by atoms with Gasteiger partial charge in [0.1, 0.15) is 11.3 Å². The average Bonchev–Trinajstić information content (AvgIpc) is 3.00. The molecule has 0 N–H and O–H groups in total. The molecule has 0 radical (unpaired) electrons. The van der Waals surface area contributed by atoms with Crippen molar-refractivity contribution in [2.75, 3.05) is 0 Å². The Morgan fingerprint density at radius 1 is 1.09 bits per heavy atom. The van der Waals surface area contributed by atoms with Crippen LogP contribution in [-0.4, -0.2) is 11.8 Å². The van der Waals surface area contributed by atoms with Crippen molar-refractivity contribution in [1.82, 2.24) is 0 Å². The number of hydrogen-bond donors (Lipinski definition) is 0. The van der Waals surface area contributed by atoms with Gasteiger partial charge < -0.3 is 9.15 Å². The largest absolute Gasteiger partial charge is 0.464 e. The summed E-state index contributed by atoms with van der Waals surface area (Å²) in [5.74, 6) is -0.167. The zero-order valence-electron chi connectivity index (χ0n) is 12.7. The lowest BCUT2D eigenvalue weighted by atomic mass is 10.0. The third-order valence-electron chi connectivity index (χ3n) is 3.60. The molecule has 0 unspecified atom stereocenters. The Labute approximate surface area is 133 Å². The van der Waals surface area contributed by atoms with Crippen molar-refractivity contribution in [3.63, 3.8) is 0 Å². The summed E-state index contributed by atoms with van der Waals surface area (Å²) in [6, 6.07) is 14.6. The van der Waals surface area contributed by atoms with Gasteiger partial charge in [0, 0.05) is 18.7 Å². The summed E-state index contributed by atoms with van der Waals surface area (Å²) in [6.45, 7) is 1.32. The lowest BCUT2D eigenvalue weighted by Crippen LogP contribution is -2.08. The summed E-state index contributed by atoms with van der Waals surface area (Å²) in [4.78, 5) is 23.5. The zero-order valence-corrected chi connectivity index (χ0v) is 12.7. The van der Waals surface area contributed by atoms with E-state index in [2.05, 4.69) is 0 Å². The van der Waals surface area contributed by atoms with E-state index in [-0.39, 0.29) is 5.78 Å². The van der Waals surface area contributed by atoms with Crippen molar-refractivity contribution in [3.8, 4) is 5.75 Å². The van der Waals surface area contributed by atoms with Gasteiger partial charge in [-0.15, -0.1) is 0 Å². The number of para-hydroxylation sites is 1. The van der Waals surface area contributed by atoms with Crippen LogP contribution in [0.1, 0.15) is 29.3 Å². The Morgan fingerprint density at radius 2 is 1.91 bits per heavy atom. The van der Waals surface area contributed by atoms with Crippen LogP contribution in [0.5, 0.6) is 5.75 Å². The van der Waals surface area contributed by atoms with E-state index in [1.807, 2.05) is 24.3 Å². The molecule has 0 fully saturated rings. The molecule has 116 valence electrons. The zero-order chi connectivity index (χ0) is 16.2. The second-order valence-corrected chi connectivity index (χ2v) is 5.31. The molecule has 0 aliphatic heterocycles. The number of carbonyl (C=O) groups is 2. The molecule has 0 saturated heterocycles. The highest BCUT2D eigenvalue weighted by Crippen LogP contribution is 2.22. The lowest BCUT2D eigenvalue weighted by molar-refractivity contribution is -0.131. The molecule has 1 aromatic heterocycles. The number of ether oxygens (including phenoxy) is 1. The summed E-state index contributed by atoms with van der Waals surface area (Å²) >= 11 is 0. The van der Waals surface area contributed by atoms with Crippen LogP contribution in [0, 0.1) is 0 Å². The molecule has 0 amide bonds. The van der Waals surface area contributed by atoms with E-state index < -0.39 is 5.97 Å². The summed E-state index contributed by atoms with van der Waals surface area (Å²) in [7, 11) is 0. The Hall–Kier alpha value is -2.88. The molecule has 0 atom stereocenters. The van der Waals surface area contributed by atoms with E-state index in [1.54, 1.807) is 30.5 Å². The summed E-state index contributed by atoms with van der Waals surface area (Å²) in [5, 5.41) is 1.02. The van der Waals surface area contributed by atoms with Gasteiger partial charge >= 0.3 is 5.97 Å². The summed E-state index contributed by atoms with van der Waals surface area (Å²) in [5.41, 5.74) is 2.34. The van der Waals surface area contributed by atoms with Gasteiger partial charge in [0.2, 0.25) is 0 Å². The van der Waals surface area contributed by atoms with Crippen molar-refractivity contribution >= 4 is 22.7 Å². The maximum atomic E-state index is 12.4. The first-order valence-electron chi connectivity index (χ1n) is 7.40. The van der Waals surface area contributed by atoms with Crippen molar-refractivity contribution < 1.29 is 18.7 Å². The molecular formula is C19H16O4. The van der Waals surface area contributed by atoms with Crippen LogP contribution in [0.2, 0.25) is 0 Å². The van der Waals surface area contributed by atoms with Gasteiger partial charge in [0.05, 0.1) is 11.8 Å². The first-order valence-corrected chi connectivity index (χ1v) is 7.40. The van der Waals surface area contributed by atoms with E-state index in [9.17, 15) is 9.59 Å². The van der Waals surface area contributed by atoms with E-state index >= 15 is 0 Å². The van der Waals surface area contributed by atoms with Gasteiger partial charge in [-0.05, 0) is 42.3 Å². The number of carbonyl (C=O) groups excluding carboxylic acids is 2. The fraction of sp³-hybridized carbons (Fsp3) is 0.158. The van der Waals surface area contributed by atoms with Crippen LogP contribution in [0.3, 0.4) is 0 Å². The molecule has 3 rings (SSSR count). The number of benzene rings is 2. The highest BCUT2D eigenvalue weighted by atomic mass is 16.5. The minimum atomic E-state index is -0.435. The van der Waals surface area contributed by atoms with Gasteiger partial charge in [-0.25, -0.2) is 0 Å². The van der Waals surface area contributed by atoms with Crippen molar-refractivity contribution in [2.45, 2.75) is 19.8 Å². The number of esters is 1. The second-order valence-electron chi connectivity index (χ2n) is 5.31. The van der Waals surface area contributed by atoms with Crippen molar-refractivity contribution in [2.24, 2.45) is 0 Å². The molecule has 0 aliphatic carbocycles. The summed E-state index contributed by atoms with van der Waals surface area (Å²) < 4.78 is 10.4. The Morgan fingerprint density at radius 3 is 2.74 bits per heavy atom. The van der Waals surface area contributed by atoms with Crippen LogP contribution in [0.4, 0.5) is 0 Å². The van der Waals surface area contributed by atoms with Crippen molar-refractivity contribution in [3.05, 3.63) is 65.9 Å². The Balaban J connectivity index is 1.73. The molecule has 2 aromatic carbocycles. The molecule has 0 bridgehead atoms. The molecular weight excluding hydrogens is 292 g/mol. The smallest absolute Gasteiger partial charge is 0.308 e. The van der Waals surface area contributed by atoms with Gasteiger partial charge in [-0.3, -0.25) is 9.59 Å². The van der Waals surface area contributed by atoms with Gasteiger partial charge in [-0.1, -0.05) is 18.2 Å². The van der Waals surface area contributed by atoms with Crippen LogP contribution in [-0.2, 0) is 11.2 Å². The van der Waals surface area contributed by atoms with Crippen LogP contribution in [0.25, 0.3) is 11.0 Å². The first-order chi connectivity index (χ1) is 11.1. The minimum Gasteiger partial charge on any atom is -0.464 e. The molecule has 0 aliphatic rings.